The fourth-order valence-electron chi connectivity index (χ4n) is 2.64. The molecule has 0 atom stereocenters. The summed E-state index contributed by atoms with van der Waals surface area (Å²) in [5.74, 6) is 0.669. The van der Waals surface area contributed by atoms with Crippen molar-refractivity contribution in [3.8, 4) is 6.07 Å². The fourth-order valence-corrected chi connectivity index (χ4v) is 3.39. The van der Waals surface area contributed by atoms with Crippen molar-refractivity contribution in [3.05, 3.63) is 51.2 Å². The lowest BCUT2D eigenvalue weighted by Gasteiger charge is -2.13. The minimum absolute atomic E-state index is 0.0470. The number of halogens is 2. The molecule has 1 saturated heterocycles. The van der Waals surface area contributed by atoms with Crippen LogP contribution >= 0.6 is 27.5 Å². The Morgan fingerprint density at radius 2 is 2.12 bits per heavy atom. The van der Waals surface area contributed by atoms with Gasteiger partial charge in [0.25, 0.3) is 5.91 Å². The molecule has 1 N–H and O–H groups in total. The van der Waals surface area contributed by atoms with Gasteiger partial charge >= 0.3 is 0 Å². The first-order valence-electron chi connectivity index (χ1n) is 7.80. The SMILES string of the molecule is N#C/C(=C/c1cc(Br)c(N2CCCC2)o1)C(=O)Nc1cccc(Cl)c1. The van der Waals surface area contributed by atoms with E-state index in [-0.39, 0.29) is 5.57 Å². The molecule has 0 aliphatic carbocycles. The zero-order valence-electron chi connectivity index (χ0n) is 13.3. The van der Waals surface area contributed by atoms with E-state index in [1.807, 2.05) is 6.07 Å². The number of carbonyl (C=O) groups is 1. The second-order valence-electron chi connectivity index (χ2n) is 5.63. The first kappa shape index (κ1) is 17.6. The number of hydrogen-bond acceptors (Lipinski definition) is 4. The van der Waals surface area contributed by atoms with Crippen molar-refractivity contribution >= 4 is 51.1 Å². The van der Waals surface area contributed by atoms with Crippen molar-refractivity contribution in [2.75, 3.05) is 23.3 Å². The highest BCUT2D eigenvalue weighted by molar-refractivity contribution is 9.10. The highest BCUT2D eigenvalue weighted by Crippen LogP contribution is 2.33. The lowest BCUT2D eigenvalue weighted by atomic mass is 10.2. The van der Waals surface area contributed by atoms with Crippen molar-refractivity contribution in [2.45, 2.75) is 12.8 Å². The van der Waals surface area contributed by atoms with Gasteiger partial charge in [-0.2, -0.15) is 5.26 Å². The molecule has 3 rings (SSSR count). The van der Waals surface area contributed by atoms with E-state index in [2.05, 4.69) is 26.1 Å². The van der Waals surface area contributed by atoms with Gasteiger partial charge in [0.2, 0.25) is 5.88 Å². The first-order chi connectivity index (χ1) is 12.1. The molecule has 0 bridgehead atoms. The van der Waals surface area contributed by atoms with Crippen molar-refractivity contribution in [1.82, 2.24) is 0 Å². The van der Waals surface area contributed by atoms with Gasteiger partial charge in [-0.3, -0.25) is 4.79 Å². The number of nitrogens with one attached hydrogen (secondary N) is 1. The lowest BCUT2D eigenvalue weighted by Crippen LogP contribution is -2.17. The Morgan fingerprint density at radius 3 is 2.80 bits per heavy atom. The zero-order valence-corrected chi connectivity index (χ0v) is 15.6. The largest absolute Gasteiger partial charge is 0.440 e. The van der Waals surface area contributed by atoms with E-state index in [0.29, 0.717) is 16.5 Å². The minimum atomic E-state index is -0.514. The van der Waals surface area contributed by atoms with E-state index in [4.69, 9.17) is 16.0 Å². The van der Waals surface area contributed by atoms with E-state index in [1.165, 1.54) is 6.08 Å². The second kappa shape index (κ2) is 7.77. The molecule has 5 nitrogen and oxygen atoms in total. The Balaban J connectivity index is 1.79. The third-order valence-corrected chi connectivity index (χ3v) is 4.62. The molecule has 0 spiro atoms. The standard InChI is InChI=1S/C18H15BrClN3O2/c19-16-10-15(25-18(16)23-6-1-2-7-23)8-12(11-21)17(24)22-14-5-3-4-13(20)9-14/h3-5,8-10H,1-2,6-7H2,(H,22,24)/b12-8-. The Morgan fingerprint density at radius 1 is 1.36 bits per heavy atom. The topological polar surface area (TPSA) is 69.3 Å². The van der Waals surface area contributed by atoms with Crippen LogP contribution in [0.15, 0.2) is 44.8 Å². The Labute approximate surface area is 159 Å². The van der Waals surface area contributed by atoms with Crippen molar-refractivity contribution < 1.29 is 9.21 Å². The second-order valence-corrected chi connectivity index (χ2v) is 6.92. The average molecular weight is 421 g/mol. The normalized spacial score (nSPS) is 14.4. The fraction of sp³-hybridized carbons (Fsp3) is 0.222. The number of anilines is 2. The molecule has 2 heterocycles. The van der Waals surface area contributed by atoms with E-state index < -0.39 is 5.91 Å². The number of amides is 1. The summed E-state index contributed by atoms with van der Waals surface area (Å²) in [5.41, 5.74) is 0.478. The summed E-state index contributed by atoms with van der Waals surface area (Å²) in [6.07, 6.45) is 3.69. The summed E-state index contributed by atoms with van der Waals surface area (Å²) >= 11 is 9.37. The number of nitrogens with zero attached hydrogens (tertiary/aromatic N) is 2. The van der Waals surface area contributed by atoms with Gasteiger partial charge in [-0.05, 0) is 47.0 Å². The maximum Gasteiger partial charge on any atom is 0.266 e. The van der Waals surface area contributed by atoms with Crippen LogP contribution in [-0.2, 0) is 4.79 Å². The Bertz CT molecular complexity index is 863. The van der Waals surface area contributed by atoms with E-state index in [9.17, 15) is 10.1 Å². The van der Waals surface area contributed by atoms with Crippen LogP contribution in [-0.4, -0.2) is 19.0 Å². The van der Waals surface area contributed by atoms with Crippen LogP contribution in [0.2, 0.25) is 5.02 Å². The van der Waals surface area contributed by atoms with Crippen LogP contribution in [0.4, 0.5) is 11.6 Å². The van der Waals surface area contributed by atoms with Crippen LogP contribution in [0.3, 0.4) is 0 Å². The lowest BCUT2D eigenvalue weighted by molar-refractivity contribution is -0.112. The number of nitriles is 1. The van der Waals surface area contributed by atoms with E-state index in [1.54, 1.807) is 30.3 Å². The molecule has 1 aliphatic heterocycles. The molecule has 25 heavy (non-hydrogen) atoms. The number of benzene rings is 1. The molecule has 0 radical (unpaired) electrons. The van der Waals surface area contributed by atoms with Gasteiger partial charge in [0, 0.05) is 35.9 Å². The highest BCUT2D eigenvalue weighted by Gasteiger charge is 2.20. The van der Waals surface area contributed by atoms with E-state index >= 15 is 0 Å². The van der Waals surface area contributed by atoms with Gasteiger partial charge in [0.05, 0.1) is 4.47 Å². The first-order valence-corrected chi connectivity index (χ1v) is 8.97. The van der Waals surface area contributed by atoms with Gasteiger partial charge in [0.15, 0.2) is 0 Å². The molecule has 0 unspecified atom stereocenters. The predicted octanol–water partition coefficient (Wildman–Crippen LogP) is 4.84. The molecule has 1 fully saturated rings. The van der Waals surface area contributed by atoms with Gasteiger partial charge < -0.3 is 14.6 Å². The predicted molar refractivity (Wildman–Crippen MR) is 102 cm³/mol. The molecule has 1 aromatic heterocycles. The van der Waals surface area contributed by atoms with Crippen LogP contribution in [0.25, 0.3) is 6.08 Å². The maximum absolute atomic E-state index is 12.3. The summed E-state index contributed by atoms with van der Waals surface area (Å²) in [6.45, 7) is 1.88. The Hall–Kier alpha value is -2.23. The van der Waals surface area contributed by atoms with E-state index in [0.717, 1.165) is 36.3 Å². The molecular weight excluding hydrogens is 406 g/mol. The smallest absolute Gasteiger partial charge is 0.266 e. The number of hydrogen-bond donors (Lipinski definition) is 1. The van der Waals surface area contributed by atoms with Crippen molar-refractivity contribution in [3.63, 3.8) is 0 Å². The van der Waals surface area contributed by atoms with Gasteiger partial charge in [-0.1, -0.05) is 17.7 Å². The molecular formula is C18H15BrClN3O2. The van der Waals surface area contributed by atoms with Crippen molar-refractivity contribution in [1.29, 1.82) is 5.26 Å². The maximum atomic E-state index is 12.3. The van der Waals surface area contributed by atoms with Gasteiger partial charge in [-0.25, -0.2) is 0 Å². The quantitative estimate of drug-likeness (QED) is 0.567. The number of furan rings is 1. The third-order valence-electron chi connectivity index (χ3n) is 3.82. The monoisotopic (exact) mass is 419 g/mol. The van der Waals surface area contributed by atoms with Crippen LogP contribution in [0.1, 0.15) is 18.6 Å². The van der Waals surface area contributed by atoms with Crippen molar-refractivity contribution in [2.24, 2.45) is 0 Å². The van der Waals surface area contributed by atoms with Gasteiger partial charge in [0.1, 0.15) is 17.4 Å². The molecule has 7 heteroatoms. The summed E-state index contributed by atoms with van der Waals surface area (Å²) in [4.78, 5) is 14.4. The summed E-state index contributed by atoms with van der Waals surface area (Å²) in [6, 6.07) is 10.4. The zero-order chi connectivity index (χ0) is 17.8. The van der Waals surface area contributed by atoms with Crippen LogP contribution in [0, 0.1) is 11.3 Å². The summed E-state index contributed by atoms with van der Waals surface area (Å²) in [7, 11) is 0. The summed E-state index contributed by atoms with van der Waals surface area (Å²) < 4.78 is 6.61. The molecule has 1 aliphatic rings. The molecule has 128 valence electrons. The highest BCUT2D eigenvalue weighted by atomic mass is 79.9. The Kier molecular flexibility index (Phi) is 5.47. The molecule has 2 aromatic rings. The number of rotatable bonds is 4. The molecule has 0 saturated carbocycles. The average Bonchev–Trinajstić information content (AvgIpc) is 3.21. The van der Waals surface area contributed by atoms with Crippen LogP contribution in [0.5, 0.6) is 0 Å². The van der Waals surface area contributed by atoms with Crippen LogP contribution < -0.4 is 10.2 Å². The third kappa shape index (κ3) is 4.25. The minimum Gasteiger partial charge on any atom is -0.440 e. The van der Waals surface area contributed by atoms with Gasteiger partial charge in [-0.15, -0.1) is 0 Å². The summed E-state index contributed by atoms with van der Waals surface area (Å²) in [5, 5.41) is 12.5. The molecule has 1 amide bonds. The molecule has 1 aromatic carbocycles. The number of carbonyl (C=O) groups excluding carboxylic acids is 1.